The van der Waals surface area contributed by atoms with Crippen molar-refractivity contribution in [2.45, 2.75) is 0 Å². The highest BCUT2D eigenvalue weighted by Crippen LogP contribution is 2.19. The number of carbonyl (C=O) groups is 2. The molecule has 0 aliphatic carbocycles. The highest BCUT2D eigenvalue weighted by molar-refractivity contribution is 9.10. The average molecular weight is 486 g/mol. The van der Waals surface area contributed by atoms with Crippen molar-refractivity contribution in [2.24, 2.45) is 0 Å². The molecule has 0 fully saturated rings. The fourth-order valence-electron chi connectivity index (χ4n) is 2.59. The number of ether oxygens (including phenoxy) is 1. The van der Waals surface area contributed by atoms with Crippen molar-refractivity contribution in [2.75, 3.05) is 12.4 Å². The number of methoxy groups -OCH3 is 1. The van der Waals surface area contributed by atoms with Gasteiger partial charge in [0.2, 0.25) is 0 Å². The molecule has 3 aromatic rings. The van der Waals surface area contributed by atoms with E-state index in [1.54, 1.807) is 79.9 Å². The summed E-state index contributed by atoms with van der Waals surface area (Å²) < 4.78 is 5.76. The number of rotatable bonds is 6. The number of benzene rings is 3. The van der Waals surface area contributed by atoms with Gasteiger partial charge in [0.1, 0.15) is 11.4 Å². The number of anilines is 1. The van der Waals surface area contributed by atoms with Crippen LogP contribution < -0.4 is 15.4 Å². The van der Waals surface area contributed by atoms with Crippen LogP contribution in [0, 0.1) is 0 Å². The van der Waals surface area contributed by atoms with Gasteiger partial charge in [-0.05, 0) is 76.1 Å². The maximum atomic E-state index is 12.9. The highest BCUT2D eigenvalue weighted by atomic mass is 79.9. The smallest absolute Gasteiger partial charge is 0.272 e. The molecule has 3 rings (SSSR count). The Labute approximate surface area is 187 Å². The zero-order valence-electron chi connectivity index (χ0n) is 16.0. The molecule has 7 heteroatoms. The Hall–Kier alpha value is -3.09. The minimum Gasteiger partial charge on any atom is -0.497 e. The summed E-state index contributed by atoms with van der Waals surface area (Å²) in [5.74, 6) is -0.199. The number of nitrogens with one attached hydrogen (secondary N) is 2. The van der Waals surface area contributed by atoms with Crippen LogP contribution >= 0.6 is 27.5 Å². The van der Waals surface area contributed by atoms with E-state index in [1.807, 2.05) is 6.07 Å². The Morgan fingerprint density at radius 1 is 0.967 bits per heavy atom. The Kier molecular flexibility index (Phi) is 7.27. The molecule has 0 saturated carbocycles. The summed E-state index contributed by atoms with van der Waals surface area (Å²) in [7, 11) is 1.57. The molecule has 3 aromatic carbocycles. The van der Waals surface area contributed by atoms with E-state index in [0.29, 0.717) is 32.1 Å². The van der Waals surface area contributed by atoms with Gasteiger partial charge < -0.3 is 15.4 Å². The van der Waals surface area contributed by atoms with E-state index in [4.69, 9.17) is 16.3 Å². The third kappa shape index (κ3) is 5.72. The van der Waals surface area contributed by atoms with Gasteiger partial charge in [-0.2, -0.15) is 0 Å². The zero-order valence-corrected chi connectivity index (χ0v) is 18.3. The first-order valence-corrected chi connectivity index (χ1v) is 10.1. The summed E-state index contributed by atoms with van der Waals surface area (Å²) in [5, 5.41) is 6.06. The summed E-state index contributed by atoms with van der Waals surface area (Å²) in [4.78, 5) is 25.7. The van der Waals surface area contributed by atoms with E-state index in [0.717, 1.165) is 0 Å². The van der Waals surface area contributed by atoms with Crippen molar-refractivity contribution in [1.29, 1.82) is 0 Å². The van der Waals surface area contributed by atoms with Crippen LogP contribution in [-0.2, 0) is 4.79 Å². The van der Waals surface area contributed by atoms with Crippen molar-refractivity contribution in [3.63, 3.8) is 0 Å². The number of hydrogen-bond acceptors (Lipinski definition) is 3. The van der Waals surface area contributed by atoms with Gasteiger partial charge in [-0.1, -0.05) is 35.9 Å². The second-order valence-electron chi connectivity index (χ2n) is 6.23. The Morgan fingerprint density at radius 2 is 1.63 bits per heavy atom. The minimum absolute atomic E-state index is 0.0916. The molecular weight excluding hydrogens is 468 g/mol. The molecule has 0 aromatic heterocycles. The SMILES string of the molecule is COc1ccc(NC(=O)/C(=C\c2ccc(Cl)cc2)NC(=O)c2ccccc2Br)cc1. The summed E-state index contributed by atoms with van der Waals surface area (Å²) in [6.45, 7) is 0. The maximum absolute atomic E-state index is 12.9. The second-order valence-corrected chi connectivity index (χ2v) is 7.52. The molecule has 0 saturated heterocycles. The number of carbonyl (C=O) groups excluding carboxylic acids is 2. The second kappa shape index (κ2) is 10.1. The monoisotopic (exact) mass is 484 g/mol. The number of amides is 2. The van der Waals surface area contributed by atoms with Crippen LogP contribution in [-0.4, -0.2) is 18.9 Å². The van der Waals surface area contributed by atoms with Gasteiger partial charge in [0.25, 0.3) is 11.8 Å². The largest absolute Gasteiger partial charge is 0.497 e. The molecule has 0 unspecified atom stereocenters. The molecule has 0 aliphatic rings. The van der Waals surface area contributed by atoms with E-state index in [9.17, 15) is 9.59 Å². The summed E-state index contributed by atoms with van der Waals surface area (Å²) >= 11 is 9.30. The van der Waals surface area contributed by atoms with Crippen molar-refractivity contribution in [3.8, 4) is 5.75 Å². The quantitative estimate of drug-likeness (QED) is 0.452. The molecule has 0 radical (unpaired) electrons. The van der Waals surface area contributed by atoms with Crippen LogP contribution in [0.15, 0.2) is 83.0 Å². The predicted octanol–water partition coefficient (Wildman–Crippen LogP) is 5.52. The van der Waals surface area contributed by atoms with Crippen LogP contribution in [0.4, 0.5) is 5.69 Å². The molecule has 152 valence electrons. The van der Waals surface area contributed by atoms with Crippen LogP contribution in [0.3, 0.4) is 0 Å². The fourth-order valence-corrected chi connectivity index (χ4v) is 3.18. The van der Waals surface area contributed by atoms with Crippen LogP contribution in [0.5, 0.6) is 5.75 Å². The first-order valence-electron chi connectivity index (χ1n) is 8.95. The molecule has 0 aliphatic heterocycles. The summed E-state index contributed by atoms with van der Waals surface area (Å²) in [6.07, 6.45) is 1.59. The fraction of sp³-hybridized carbons (Fsp3) is 0.0435. The van der Waals surface area contributed by atoms with Gasteiger partial charge in [-0.15, -0.1) is 0 Å². The molecule has 0 bridgehead atoms. The van der Waals surface area contributed by atoms with E-state index in [1.165, 1.54) is 0 Å². The van der Waals surface area contributed by atoms with Gasteiger partial charge in [-0.3, -0.25) is 9.59 Å². The van der Waals surface area contributed by atoms with E-state index >= 15 is 0 Å². The molecule has 0 atom stereocenters. The standard InChI is InChI=1S/C23H18BrClN2O3/c1-30-18-12-10-17(11-13-18)26-23(29)21(14-15-6-8-16(25)9-7-15)27-22(28)19-4-2-3-5-20(19)24/h2-14H,1H3,(H,26,29)(H,27,28)/b21-14+. The van der Waals surface area contributed by atoms with Crippen molar-refractivity contribution in [3.05, 3.63) is 99.1 Å². The van der Waals surface area contributed by atoms with Crippen LogP contribution in [0.1, 0.15) is 15.9 Å². The molecule has 5 nitrogen and oxygen atoms in total. The third-order valence-electron chi connectivity index (χ3n) is 4.14. The minimum atomic E-state index is -0.462. The molecule has 0 spiro atoms. The maximum Gasteiger partial charge on any atom is 0.272 e. The van der Waals surface area contributed by atoms with Gasteiger partial charge in [-0.25, -0.2) is 0 Å². The molecule has 0 heterocycles. The van der Waals surface area contributed by atoms with E-state index < -0.39 is 11.8 Å². The van der Waals surface area contributed by atoms with Crippen molar-refractivity contribution >= 4 is 51.1 Å². The lowest BCUT2D eigenvalue weighted by molar-refractivity contribution is -0.113. The van der Waals surface area contributed by atoms with E-state index in [-0.39, 0.29) is 5.70 Å². The number of hydrogen-bond donors (Lipinski definition) is 2. The van der Waals surface area contributed by atoms with Crippen LogP contribution in [0.2, 0.25) is 5.02 Å². The lowest BCUT2D eigenvalue weighted by Gasteiger charge is -2.12. The average Bonchev–Trinajstić information content (AvgIpc) is 2.75. The zero-order chi connectivity index (χ0) is 21.5. The summed E-state index contributed by atoms with van der Waals surface area (Å²) in [6, 6.07) is 20.8. The topological polar surface area (TPSA) is 67.4 Å². The molecule has 2 N–H and O–H groups in total. The van der Waals surface area contributed by atoms with Gasteiger partial charge in [0, 0.05) is 15.2 Å². The van der Waals surface area contributed by atoms with Gasteiger partial charge in [0.15, 0.2) is 0 Å². The molecule has 2 amide bonds. The van der Waals surface area contributed by atoms with Gasteiger partial charge >= 0.3 is 0 Å². The normalized spacial score (nSPS) is 11.0. The molecule has 30 heavy (non-hydrogen) atoms. The Morgan fingerprint density at radius 3 is 2.27 bits per heavy atom. The lowest BCUT2D eigenvalue weighted by atomic mass is 10.1. The Balaban J connectivity index is 1.88. The molecular formula is C23H18BrClN2O3. The van der Waals surface area contributed by atoms with Gasteiger partial charge in [0.05, 0.1) is 12.7 Å². The lowest BCUT2D eigenvalue weighted by Crippen LogP contribution is -2.31. The van der Waals surface area contributed by atoms with Crippen molar-refractivity contribution in [1.82, 2.24) is 5.32 Å². The van der Waals surface area contributed by atoms with E-state index in [2.05, 4.69) is 26.6 Å². The number of halogens is 2. The predicted molar refractivity (Wildman–Crippen MR) is 123 cm³/mol. The first kappa shape index (κ1) is 21.6. The summed E-state index contributed by atoms with van der Waals surface area (Å²) in [5.41, 5.74) is 1.79. The highest BCUT2D eigenvalue weighted by Gasteiger charge is 2.16. The third-order valence-corrected chi connectivity index (χ3v) is 5.08. The Bertz CT molecular complexity index is 1080. The first-order chi connectivity index (χ1) is 14.5. The van der Waals surface area contributed by atoms with Crippen LogP contribution in [0.25, 0.3) is 6.08 Å². The van der Waals surface area contributed by atoms with Crippen molar-refractivity contribution < 1.29 is 14.3 Å².